The van der Waals surface area contributed by atoms with E-state index in [0.717, 1.165) is 20.5 Å². The number of halogens is 3. The lowest BCUT2D eigenvalue weighted by molar-refractivity contribution is -0.116. The highest BCUT2D eigenvalue weighted by Gasteiger charge is 2.15. The Labute approximate surface area is 181 Å². The molecule has 1 aromatic carbocycles. The molecule has 0 aliphatic heterocycles. The highest BCUT2D eigenvalue weighted by atomic mass is 127. The first-order valence-electron chi connectivity index (χ1n) is 8.72. The van der Waals surface area contributed by atoms with E-state index in [-0.39, 0.29) is 11.7 Å². The average molecular weight is 516 g/mol. The number of carbonyl (C=O) groups excluding carboxylic acids is 1. The Balaban J connectivity index is 1.68. The van der Waals surface area contributed by atoms with E-state index in [2.05, 4.69) is 38.1 Å². The second kappa shape index (κ2) is 8.60. The Morgan fingerprint density at radius 2 is 2.00 bits per heavy atom. The Kier molecular flexibility index (Phi) is 6.39. The van der Waals surface area contributed by atoms with Gasteiger partial charge in [0.25, 0.3) is 0 Å². The summed E-state index contributed by atoms with van der Waals surface area (Å²) in [6.45, 7) is 6.56. The van der Waals surface area contributed by atoms with Crippen molar-refractivity contribution in [1.82, 2.24) is 19.6 Å². The molecule has 0 bridgehead atoms. The van der Waals surface area contributed by atoms with Gasteiger partial charge in [0.1, 0.15) is 5.82 Å². The summed E-state index contributed by atoms with van der Waals surface area (Å²) >= 11 is 8.34. The van der Waals surface area contributed by atoms with E-state index >= 15 is 0 Å². The third-order valence-corrected chi connectivity index (χ3v) is 5.85. The van der Waals surface area contributed by atoms with Gasteiger partial charge in [-0.05, 0) is 61.1 Å². The number of carbonyl (C=O) groups is 1. The minimum absolute atomic E-state index is 0.103. The molecule has 0 spiro atoms. The van der Waals surface area contributed by atoms with Crippen LogP contribution in [0.2, 0.25) is 5.02 Å². The van der Waals surface area contributed by atoms with Crippen molar-refractivity contribution in [3.8, 4) is 0 Å². The summed E-state index contributed by atoms with van der Waals surface area (Å²) in [5, 5.41) is 12.1. The summed E-state index contributed by atoms with van der Waals surface area (Å²) in [6.07, 6.45) is 2.23. The van der Waals surface area contributed by atoms with Crippen molar-refractivity contribution >= 4 is 45.8 Å². The summed E-state index contributed by atoms with van der Waals surface area (Å²) < 4.78 is 17.8. The van der Waals surface area contributed by atoms with Crippen LogP contribution in [0.4, 0.5) is 10.1 Å². The number of rotatable bonds is 6. The highest BCUT2D eigenvalue weighted by Crippen LogP contribution is 2.23. The average Bonchev–Trinajstić information content (AvgIpc) is 3.09. The van der Waals surface area contributed by atoms with Gasteiger partial charge < -0.3 is 5.32 Å². The fourth-order valence-electron chi connectivity index (χ4n) is 2.87. The lowest BCUT2D eigenvalue weighted by Crippen LogP contribution is -2.16. The molecule has 2 heterocycles. The van der Waals surface area contributed by atoms with Crippen LogP contribution in [0, 0.1) is 30.2 Å². The van der Waals surface area contributed by atoms with Crippen LogP contribution in [0.25, 0.3) is 0 Å². The predicted molar refractivity (Wildman–Crippen MR) is 115 cm³/mol. The standard InChI is InChI=1S/C19H20ClFIN5O/c1-11-17(22)10-26(24-11)7-6-18(28)23-19-12(2)25-27(13(19)3)9-14-4-5-15(21)8-16(14)20/h4-5,8,10H,6-7,9H2,1-3H3,(H,23,28). The molecule has 3 aromatic rings. The van der Waals surface area contributed by atoms with Crippen molar-refractivity contribution in [2.75, 3.05) is 5.32 Å². The van der Waals surface area contributed by atoms with Gasteiger partial charge >= 0.3 is 0 Å². The number of hydrogen-bond donors (Lipinski definition) is 1. The van der Waals surface area contributed by atoms with Crippen molar-refractivity contribution < 1.29 is 9.18 Å². The number of benzene rings is 1. The van der Waals surface area contributed by atoms with E-state index in [1.54, 1.807) is 15.4 Å². The maximum atomic E-state index is 13.2. The van der Waals surface area contributed by atoms with Crippen molar-refractivity contribution in [2.45, 2.75) is 40.3 Å². The van der Waals surface area contributed by atoms with Crippen molar-refractivity contribution in [3.05, 3.63) is 61.5 Å². The molecule has 0 saturated carbocycles. The van der Waals surface area contributed by atoms with E-state index in [9.17, 15) is 9.18 Å². The highest BCUT2D eigenvalue weighted by molar-refractivity contribution is 14.1. The smallest absolute Gasteiger partial charge is 0.226 e. The second-order valence-electron chi connectivity index (χ2n) is 6.56. The number of aryl methyl sites for hydroxylation is 3. The van der Waals surface area contributed by atoms with Gasteiger partial charge in [-0.2, -0.15) is 10.2 Å². The van der Waals surface area contributed by atoms with Crippen LogP contribution in [-0.2, 0) is 17.9 Å². The Bertz CT molecular complexity index is 1010. The molecule has 3 rings (SSSR count). The second-order valence-corrected chi connectivity index (χ2v) is 8.13. The minimum atomic E-state index is -0.378. The maximum Gasteiger partial charge on any atom is 0.226 e. The first-order chi connectivity index (χ1) is 13.2. The van der Waals surface area contributed by atoms with Gasteiger partial charge in [-0.25, -0.2) is 4.39 Å². The maximum absolute atomic E-state index is 13.2. The molecule has 0 unspecified atom stereocenters. The SMILES string of the molecule is Cc1nn(CCC(=O)Nc2c(C)nn(Cc3ccc(F)cc3Cl)c2C)cc1I. The molecule has 1 N–H and O–H groups in total. The fraction of sp³-hybridized carbons (Fsp3) is 0.316. The van der Waals surface area contributed by atoms with Gasteiger partial charge in [-0.3, -0.25) is 14.2 Å². The summed E-state index contributed by atoms with van der Waals surface area (Å²) in [7, 11) is 0. The number of nitrogens with zero attached hydrogens (tertiary/aromatic N) is 4. The number of nitrogens with one attached hydrogen (secondary N) is 1. The fourth-order valence-corrected chi connectivity index (χ4v) is 3.53. The molecule has 9 heteroatoms. The molecule has 148 valence electrons. The zero-order valence-corrected chi connectivity index (χ0v) is 18.7. The van der Waals surface area contributed by atoms with Gasteiger partial charge in [0.05, 0.1) is 32.9 Å². The molecule has 0 radical (unpaired) electrons. The van der Waals surface area contributed by atoms with E-state index in [1.807, 2.05) is 27.0 Å². The Morgan fingerprint density at radius 1 is 1.25 bits per heavy atom. The molecular formula is C19H20ClFIN5O. The van der Waals surface area contributed by atoms with Gasteiger partial charge in [0.15, 0.2) is 0 Å². The zero-order chi connectivity index (χ0) is 20.4. The third kappa shape index (κ3) is 4.72. The molecule has 2 aromatic heterocycles. The van der Waals surface area contributed by atoms with Crippen LogP contribution in [0.3, 0.4) is 0 Å². The van der Waals surface area contributed by atoms with Crippen molar-refractivity contribution in [1.29, 1.82) is 0 Å². The molecule has 0 fully saturated rings. The van der Waals surface area contributed by atoms with Gasteiger partial charge in [0, 0.05) is 24.2 Å². The molecule has 28 heavy (non-hydrogen) atoms. The quantitative estimate of drug-likeness (QED) is 0.493. The summed E-state index contributed by atoms with van der Waals surface area (Å²) in [6, 6.07) is 4.29. The summed E-state index contributed by atoms with van der Waals surface area (Å²) in [4.78, 5) is 12.4. The normalized spacial score (nSPS) is 11.1. The van der Waals surface area contributed by atoms with Crippen LogP contribution >= 0.6 is 34.2 Å². The Hall–Kier alpha value is -1.94. The molecule has 1 amide bonds. The zero-order valence-electron chi connectivity index (χ0n) is 15.8. The number of hydrogen-bond acceptors (Lipinski definition) is 3. The number of aromatic nitrogens is 4. The van der Waals surface area contributed by atoms with Crippen molar-refractivity contribution in [3.63, 3.8) is 0 Å². The van der Waals surface area contributed by atoms with Crippen LogP contribution < -0.4 is 5.32 Å². The van der Waals surface area contributed by atoms with Crippen molar-refractivity contribution in [2.24, 2.45) is 0 Å². The molecule has 0 aliphatic rings. The van der Waals surface area contributed by atoms with E-state index < -0.39 is 0 Å². The van der Waals surface area contributed by atoms with E-state index in [1.165, 1.54) is 12.1 Å². The molecule has 6 nitrogen and oxygen atoms in total. The molecular weight excluding hydrogens is 496 g/mol. The number of anilines is 1. The van der Waals surface area contributed by atoms with E-state index in [0.29, 0.717) is 35.9 Å². The van der Waals surface area contributed by atoms with E-state index in [4.69, 9.17) is 11.6 Å². The van der Waals surface area contributed by atoms with Crippen LogP contribution in [-0.4, -0.2) is 25.5 Å². The monoisotopic (exact) mass is 515 g/mol. The predicted octanol–water partition coefficient (Wildman–Crippen LogP) is 4.48. The molecule has 0 atom stereocenters. The number of amides is 1. The van der Waals surface area contributed by atoms with Crippen LogP contribution in [0.1, 0.15) is 29.1 Å². The Morgan fingerprint density at radius 3 is 2.64 bits per heavy atom. The molecule has 0 saturated heterocycles. The minimum Gasteiger partial charge on any atom is -0.323 e. The third-order valence-electron chi connectivity index (χ3n) is 4.44. The lowest BCUT2D eigenvalue weighted by Gasteiger charge is -2.09. The van der Waals surface area contributed by atoms with Crippen LogP contribution in [0.5, 0.6) is 0 Å². The topological polar surface area (TPSA) is 64.7 Å². The van der Waals surface area contributed by atoms with Gasteiger partial charge in [0.2, 0.25) is 5.91 Å². The van der Waals surface area contributed by atoms with Crippen LogP contribution in [0.15, 0.2) is 24.4 Å². The summed E-state index contributed by atoms with van der Waals surface area (Å²) in [5.74, 6) is -0.481. The first kappa shape index (κ1) is 20.8. The van der Waals surface area contributed by atoms with Gasteiger partial charge in [-0.1, -0.05) is 17.7 Å². The first-order valence-corrected chi connectivity index (χ1v) is 10.2. The largest absolute Gasteiger partial charge is 0.323 e. The summed E-state index contributed by atoms with van der Waals surface area (Å²) in [5.41, 5.74) is 3.93. The van der Waals surface area contributed by atoms with Gasteiger partial charge in [-0.15, -0.1) is 0 Å². The molecule has 0 aliphatic carbocycles. The lowest BCUT2D eigenvalue weighted by atomic mass is 10.2.